The zero-order chi connectivity index (χ0) is 12.3. The predicted molar refractivity (Wildman–Crippen MR) is 64.9 cm³/mol. The van der Waals surface area contributed by atoms with E-state index in [0.717, 1.165) is 11.1 Å². The summed E-state index contributed by atoms with van der Waals surface area (Å²) in [5.41, 5.74) is 2.10. The minimum atomic E-state index is -1.07. The lowest BCUT2D eigenvalue weighted by molar-refractivity contribution is 0.0150. The molecule has 0 saturated carbocycles. The maximum absolute atomic E-state index is 10.4. The first kappa shape index (κ1) is 12.7. The van der Waals surface area contributed by atoms with Crippen LogP contribution in [0.5, 0.6) is 0 Å². The molecule has 2 atom stereocenters. The Morgan fingerprint density at radius 3 is 2.44 bits per heavy atom. The van der Waals surface area contributed by atoms with Crippen LogP contribution < -0.4 is 0 Å². The van der Waals surface area contributed by atoms with Crippen LogP contribution in [0, 0.1) is 31.1 Å². The van der Waals surface area contributed by atoms with Gasteiger partial charge in [0.2, 0.25) is 0 Å². The molecule has 86 valence electrons. The van der Waals surface area contributed by atoms with E-state index >= 15 is 0 Å². The fourth-order valence-corrected chi connectivity index (χ4v) is 1.87. The molecule has 0 aliphatic rings. The molecule has 1 aromatic rings. The summed E-state index contributed by atoms with van der Waals surface area (Å²) in [6, 6.07) is 8.04. The average molecular weight is 217 g/mol. The monoisotopic (exact) mass is 217 g/mol. The highest BCUT2D eigenvalue weighted by atomic mass is 16.3. The molecule has 0 saturated heterocycles. The van der Waals surface area contributed by atoms with E-state index in [1.807, 2.05) is 39.0 Å². The van der Waals surface area contributed by atoms with Crippen molar-refractivity contribution in [2.24, 2.45) is 5.92 Å². The first-order chi connectivity index (χ1) is 7.43. The third kappa shape index (κ3) is 2.25. The van der Waals surface area contributed by atoms with Crippen molar-refractivity contribution in [1.82, 2.24) is 0 Å². The molecule has 2 heteroatoms. The fourth-order valence-electron chi connectivity index (χ4n) is 1.87. The molecule has 0 bridgehead atoms. The maximum Gasteiger partial charge on any atom is 0.103 e. The highest BCUT2D eigenvalue weighted by Gasteiger charge is 2.32. The van der Waals surface area contributed by atoms with Crippen molar-refractivity contribution in [1.29, 1.82) is 5.26 Å². The number of benzene rings is 1. The van der Waals surface area contributed by atoms with E-state index in [9.17, 15) is 5.11 Å². The standard InChI is InChI=1S/C14H19NO/c1-5-12(9-15)14(4,16)13-7-6-10(2)11(3)8-13/h6-8,12,16H,5H2,1-4H3. The smallest absolute Gasteiger partial charge is 0.103 e. The molecule has 2 unspecified atom stereocenters. The van der Waals surface area contributed by atoms with Gasteiger partial charge in [-0.05, 0) is 43.9 Å². The van der Waals surface area contributed by atoms with Crippen LogP contribution in [0.4, 0.5) is 0 Å². The molecule has 0 aromatic heterocycles. The van der Waals surface area contributed by atoms with Crippen molar-refractivity contribution in [3.8, 4) is 6.07 Å². The largest absolute Gasteiger partial charge is 0.384 e. The lowest BCUT2D eigenvalue weighted by Crippen LogP contribution is -2.30. The minimum Gasteiger partial charge on any atom is -0.384 e. The summed E-state index contributed by atoms with van der Waals surface area (Å²) >= 11 is 0. The molecule has 0 spiro atoms. The van der Waals surface area contributed by atoms with Crippen LogP contribution in [0.15, 0.2) is 18.2 Å². The number of aryl methyl sites for hydroxylation is 2. The van der Waals surface area contributed by atoms with Gasteiger partial charge in [0.1, 0.15) is 5.60 Å². The first-order valence-corrected chi connectivity index (χ1v) is 5.63. The molecule has 0 heterocycles. The van der Waals surface area contributed by atoms with E-state index < -0.39 is 5.60 Å². The van der Waals surface area contributed by atoms with Gasteiger partial charge in [0, 0.05) is 0 Å². The molecule has 1 N–H and O–H groups in total. The van der Waals surface area contributed by atoms with Gasteiger partial charge >= 0.3 is 0 Å². The van der Waals surface area contributed by atoms with Gasteiger partial charge in [-0.2, -0.15) is 5.26 Å². The molecular formula is C14H19NO. The molecule has 1 aromatic carbocycles. The van der Waals surface area contributed by atoms with Crippen LogP contribution in [-0.4, -0.2) is 5.11 Å². The molecule has 2 nitrogen and oxygen atoms in total. The predicted octanol–water partition coefficient (Wildman–Crippen LogP) is 3.06. The quantitative estimate of drug-likeness (QED) is 0.845. The summed E-state index contributed by atoms with van der Waals surface area (Å²) < 4.78 is 0. The van der Waals surface area contributed by atoms with Crippen molar-refractivity contribution in [2.75, 3.05) is 0 Å². The van der Waals surface area contributed by atoms with Crippen molar-refractivity contribution in [3.05, 3.63) is 34.9 Å². The van der Waals surface area contributed by atoms with Gasteiger partial charge in [-0.1, -0.05) is 25.1 Å². The van der Waals surface area contributed by atoms with Gasteiger partial charge in [0.15, 0.2) is 0 Å². The SMILES string of the molecule is CCC(C#N)C(C)(O)c1ccc(C)c(C)c1. The van der Waals surface area contributed by atoms with Crippen LogP contribution >= 0.6 is 0 Å². The van der Waals surface area contributed by atoms with E-state index in [1.165, 1.54) is 5.56 Å². The van der Waals surface area contributed by atoms with E-state index in [0.29, 0.717) is 6.42 Å². The van der Waals surface area contributed by atoms with Gasteiger partial charge in [-0.25, -0.2) is 0 Å². The van der Waals surface area contributed by atoms with Crippen molar-refractivity contribution in [2.45, 2.75) is 39.7 Å². The first-order valence-electron chi connectivity index (χ1n) is 5.63. The van der Waals surface area contributed by atoms with Crippen molar-refractivity contribution in [3.63, 3.8) is 0 Å². The zero-order valence-electron chi connectivity index (χ0n) is 10.4. The van der Waals surface area contributed by atoms with Crippen LogP contribution in [0.3, 0.4) is 0 Å². The van der Waals surface area contributed by atoms with Crippen LogP contribution in [0.1, 0.15) is 37.0 Å². The molecule has 0 radical (unpaired) electrons. The van der Waals surface area contributed by atoms with E-state index in [-0.39, 0.29) is 5.92 Å². The van der Waals surface area contributed by atoms with Crippen molar-refractivity contribution >= 4 is 0 Å². The molecule has 0 fully saturated rings. The zero-order valence-corrected chi connectivity index (χ0v) is 10.4. The Kier molecular flexibility index (Phi) is 3.72. The van der Waals surface area contributed by atoms with Crippen LogP contribution in [0.2, 0.25) is 0 Å². The highest BCUT2D eigenvalue weighted by molar-refractivity contribution is 5.34. The Labute approximate surface area is 97.5 Å². The summed E-state index contributed by atoms with van der Waals surface area (Å²) in [4.78, 5) is 0. The van der Waals surface area contributed by atoms with Gasteiger partial charge in [0.05, 0.1) is 12.0 Å². The van der Waals surface area contributed by atoms with Gasteiger partial charge < -0.3 is 5.11 Å². The number of aliphatic hydroxyl groups is 1. The molecule has 0 aliphatic heterocycles. The fraction of sp³-hybridized carbons (Fsp3) is 0.500. The molecule has 0 amide bonds. The number of hydrogen-bond acceptors (Lipinski definition) is 2. The number of rotatable bonds is 3. The Morgan fingerprint density at radius 1 is 1.38 bits per heavy atom. The lowest BCUT2D eigenvalue weighted by atomic mass is 9.81. The van der Waals surface area contributed by atoms with Gasteiger partial charge in [0.25, 0.3) is 0 Å². The number of hydrogen-bond donors (Lipinski definition) is 1. The van der Waals surface area contributed by atoms with Crippen molar-refractivity contribution < 1.29 is 5.11 Å². The molecule has 16 heavy (non-hydrogen) atoms. The van der Waals surface area contributed by atoms with E-state index in [1.54, 1.807) is 6.92 Å². The maximum atomic E-state index is 10.4. The van der Waals surface area contributed by atoms with E-state index in [4.69, 9.17) is 5.26 Å². The van der Waals surface area contributed by atoms with Gasteiger partial charge in [-0.3, -0.25) is 0 Å². The molecule has 1 rings (SSSR count). The lowest BCUT2D eigenvalue weighted by Gasteiger charge is -2.28. The summed E-state index contributed by atoms with van der Waals surface area (Å²) in [6.45, 7) is 7.69. The summed E-state index contributed by atoms with van der Waals surface area (Å²) in [5.74, 6) is -0.366. The Hall–Kier alpha value is -1.33. The van der Waals surface area contributed by atoms with Crippen LogP contribution in [0.25, 0.3) is 0 Å². The van der Waals surface area contributed by atoms with E-state index in [2.05, 4.69) is 6.07 Å². The Balaban J connectivity index is 3.17. The topological polar surface area (TPSA) is 44.0 Å². The average Bonchev–Trinajstić information content (AvgIpc) is 2.23. The number of nitrogens with zero attached hydrogens (tertiary/aromatic N) is 1. The normalized spacial score (nSPS) is 16.2. The second kappa shape index (κ2) is 4.67. The molecular weight excluding hydrogens is 198 g/mol. The molecule has 0 aliphatic carbocycles. The summed E-state index contributed by atoms with van der Waals surface area (Å²) in [5, 5.41) is 19.5. The summed E-state index contributed by atoms with van der Waals surface area (Å²) in [7, 11) is 0. The minimum absolute atomic E-state index is 0.366. The third-order valence-electron chi connectivity index (χ3n) is 3.33. The summed E-state index contributed by atoms with van der Waals surface area (Å²) in [6.07, 6.45) is 0.649. The van der Waals surface area contributed by atoms with Crippen LogP contribution in [-0.2, 0) is 5.60 Å². The number of nitriles is 1. The highest BCUT2D eigenvalue weighted by Crippen LogP contribution is 2.32. The Bertz CT molecular complexity index is 415. The second-order valence-electron chi connectivity index (χ2n) is 4.54. The van der Waals surface area contributed by atoms with Gasteiger partial charge in [-0.15, -0.1) is 0 Å². The Morgan fingerprint density at radius 2 is 2.00 bits per heavy atom. The third-order valence-corrected chi connectivity index (χ3v) is 3.33. The second-order valence-corrected chi connectivity index (χ2v) is 4.54.